The van der Waals surface area contributed by atoms with E-state index in [-0.39, 0.29) is 5.91 Å². The van der Waals surface area contributed by atoms with Crippen molar-refractivity contribution < 1.29 is 4.79 Å². The average molecular weight is 330 g/mol. The van der Waals surface area contributed by atoms with Crippen LogP contribution in [0.5, 0.6) is 0 Å². The number of carbonyl (C=O) groups excluding carboxylic acids is 1. The Balaban J connectivity index is 1.66. The first-order chi connectivity index (χ1) is 11.2. The molecule has 0 aliphatic carbocycles. The summed E-state index contributed by atoms with van der Waals surface area (Å²) in [6.45, 7) is 1.70. The molecule has 3 rings (SSSR count). The molecule has 5 heteroatoms. The molecule has 1 aromatic heterocycles. The number of rotatable bonds is 3. The van der Waals surface area contributed by atoms with E-state index in [0.29, 0.717) is 16.4 Å². The first kappa shape index (κ1) is 15.8. The monoisotopic (exact) mass is 329 g/mol. The predicted octanol–water partition coefficient (Wildman–Crippen LogP) is 4.49. The van der Waals surface area contributed by atoms with Crippen molar-refractivity contribution >= 4 is 29.0 Å². The van der Waals surface area contributed by atoms with E-state index in [0.717, 1.165) is 31.6 Å². The van der Waals surface area contributed by atoms with Gasteiger partial charge in [0.05, 0.1) is 5.56 Å². The third-order valence-electron chi connectivity index (χ3n) is 4.02. The van der Waals surface area contributed by atoms with Gasteiger partial charge in [-0.3, -0.25) is 4.79 Å². The van der Waals surface area contributed by atoms with Gasteiger partial charge >= 0.3 is 0 Å². The van der Waals surface area contributed by atoms with Gasteiger partial charge in [0.15, 0.2) is 0 Å². The molecule has 120 valence electrons. The van der Waals surface area contributed by atoms with Crippen LogP contribution in [-0.2, 0) is 0 Å². The Bertz CT molecular complexity index is 647. The Kier molecular flexibility index (Phi) is 5.13. The Morgan fingerprint density at radius 2 is 1.70 bits per heavy atom. The summed E-state index contributed by atoms with van der Waals surface area (Å²) >= 11 is 5.87. The highest BCUT2D eigenvalue weighted by Crippen LogP contribution is 2.18. The van der Waals surface area contributed by atoms with E-state index >= 15 is 0 Å². The maximum atomic E-state index is 12.5. The molecule has 2 heterocycles. The molecule has 0 bridgehead atoms. The molecule has 0 radical (unpaired) electrons. The molecular formula is C18H20ClN3O. The molecule has 23 heavy (non-hydrogen) atoms. The van der Waals surface area contributed by atoms with Crippen LogP contribution < -0.4 is 5.32 Å². The Labute approximate surface area is 141 Å². The van der Waals surface area contributed by atoms with Crippen molar-refractivity contribution in [1.29, 1.82) is 0 Å². The van der Waals surface area contributed by atoms with Crippen molar-refractivity contribution in [2.75, 3.05) is 18.4 Å². The Morgan fingerprint density at radius 1 is 1.00 bits per heavy atom. The van der Waals surface area contributed by atoms with Crippen LogP contribution in [-0.4, -0.2) is 28.9 Å². The van der Waals surface area contributed by atoms with Crippen LogP contribution in [0.25, 0.3) is 0 Å². The number of carbonyl (C=O) groups is 1. The Hall–Kier alpha value is -2.07. The summed E-state index contributed by atoms with van der Waals surface area (Å²) in [5, 5.41) is 3.89. The number of hydrogen-bond acceptors (Lipinski definition) is 3. The van der Waals surface area contributed by atoms with Crippen molar-refractivity contribution in [1.82, 2.24) is 9.88 Å². The molecular weight excluding hydrogens is 310 g/mol. The fraction of sp³-hybridized carbons (Fsp3) is 0.333. The number of amides is 1. The molecule has 0 unspecified atom stereocenters. The minimum atomic E-state index is 0.0810. The van der Waals surface area contributed by atoms with Crippen LogP contribution in [0.15, 0.2) is 42.6 Å². The third-order valence-corrected chi connectivity index (χ3v) is 4.27. The van der Waals surface area contributed by atoms with Gasteiger partial charge in [0.2, 0.25) is 0 Å². The quantitative estimate of drug-likeness (QED) is 0.902. The Morgan fingerprint density at radius 3 is 2.30 bits per heavy atom. The molecule has 0 saturated carbocycles. The second-order valence-corrected chi connectivity index (χ2v) is 6.21. The lowest BCUT2D eigenvalue weighted by Crippen LogP contribution is -2.31. The summed E-state index contributed by atoms with van der Waals surface area (Å²) in [7, 11) is 0. The molecule has 0 spiro atoms. The number of benzene rings is 1. The SMILES string of the molecule is O=C(c1ccc(Nc2ccc(Cl)cc2)nc1)N1CCCCCC1. The smallest absolute Gasteiger partial charge is 0.255 e. The van der Waals surface area contributed by atoms with Crippen molar-refractivity contribution in [2.24, 2.45) is 0 Å². The number of aromatic nitrogens is 1. The largest absolute Gasteiger partial charge is 0.340 e. The normalized spacial score (nSPS) is 15.1. The zero-order valence-electron chi connectivity index (χ0n) is 13.0. The van der Waals surface area contributed by atoms with Crippen LogP contribution in [0.4, 0.5) is 11.5 Å². The van der Waals surface area contributed by atoms with Crippen molar-refractivity contribution in [2.45, 2.75) is 25.7 Å². The van der Waals surface area contributed by atoms with Gasteiger partial charge in [-0.15, -0.1) is 0 Å². The molecule has 0 atom stereocenters. The number of pyridine rings is 1. The summed E-state index contributed by atoms with van der Waals surface area (Å²) in [5.74, 6) is 0.789. The standard InChI is InChI=1S/C18H20ClN3O/c19-15-6-8-16(9-7-15)21-17-10-5-14(13-20-17)18(23)22-11-3-1-2-4-12-22/h5-10,13H,1-4,11-12H2,(H,20,21). The number of likely N-dealkylation sites (tertiary alicyclic amines) is 1. The summed E-state index contributed by atoms with van der Waals surface area (Å²) in [6, 6.07) is 11.1. The van der Waals surface area contributed by atoms with Gasteiger partial charge < -0.3 is 10.2 Å². The van der Waals surface area contributed by atoms with Crippen LogP contribution in [0, 0.1) is 0 Å². The van der Waals surface area contributed by atoms with E-state index in [2.05, 4.69) is 10.3 Å². The third kappa shape index (κ3) is 4.23. The van der Waals surface area contributed by atoms with Crippen molar-refractivity contribution in [3.8, 4) is 0 Å². The number of halogens is 1. The topological polar surface area (TPSA) is 45.2 Å². The van der Waals surface area contributed by atoms with Crippen molar-refractivity contribution in [3.05, 3.63) is 53.2 Å². The number of nitrogens with one attached hydrogen (secondary N) is 1. The highest BCUT2D eigenvalue weighted by molar-refractivity contribution is 6.30. The van der Waals surface area contributed by atoms with Gasteiger partial charge in [-0.25, -0.2) is 4.98 Å². The summed E-state index contributed by atoms with van der Waals surface area (Å²) in [5.41, 5.74) is 1.56. The number of anilines is 2. The first-order valence-electron chi connectivity index (χ1n) is 8.00. The maximum absolute atomic E-state index is 12.5. The highest BCUT2D eigenvalue weighted by Gasteiger charge is 2.17. The molecule has 1 aromatic carbocycles. The molecule has 1 N–H and O–H groups in total. The van der Waals surface area contributed by atoms with Crippen molar-refractivity contribution in [3.63, 3.8) is 0 Å². The molecule has 1 fully saturated rings. The fourth-order valence-electron chi connectivity index (χ4n) is 2.73. The van der Waals surface area contributed by atoms with E-state index in [1.54, 1.807) is 6.20 Å². The van der Waals surface area contributed by atoms with E-state index in [9.17, 15) is 4.79 Å². The van der Waals surface area contributed by atoms with Crippen LogP contribution in [0.3, 0.4) is 0 Å². The van der Waals surface area contributed by atoms with Gasteiger partial charge in [-0.1, -0.05) is 24.4 Å². The van der Waals surface area contributed by atoms with E-state index < -0.39 is 0 Å². The van der Waals surface area contributed by atoms with E-state index in [1.165, 1.54) is 12.8 Å². The van der Waals surface area contributed by atoms with Gasteiger partial charge in [-0.2, -0.15) is 0 Å². The average Bonchev–Trinajstić information content (AvgIpc) is 2.86. The minimum absolute atomic E-state index is 0.0810. The summed E-state index contributed by atoms with van der Waals surface area (Å²) in [6.07, 6.45) is 6.26. The highest BCUT2D eigenvalue weighted by atomic mass is 35.5. The molecule has 1 amide bonds. The van der Waals surface area contributed by atoms with Crippen LogP contribution >= 0.6 is 11.6 Å². The fourth-order valence-corrected chi connectivity index (χ4v) is 2.86. The first-order valence-corrected chi connectivity index (χ1v) is 8.38. The lowest BCUT2D eigenvalue weighted by Gasteiger charge is -2.20. The lowest BCUT2D eigenvalue weighted by atomic mass is 10.2. The molecule has 1 aliphatic rings. The summed E-state index contributed by atoms with van der Waals surface area (Å²) < 4.78 is 0. The lowest BCUT2D eigenvalue weighted by molar-refractivity contribution is 0.0761. The number of hydrogen-bond donors (Lipinski definition) is 1. The molecule has 2 aromatic rings. The van der Waals surface area contributed by atoms with Gasteiger partial charge in [0.1, 0.15) is 5.82 Å². The summed E-state index contributed by atoms with van der Waals surface area (Å²) in [4.78, 5) is 18.8. The predicted molar refractivity (Wildman–Crippen MR) is 93.3 cm³/mol. The van der Waals surface area contributed by atoms with Crippen LogP contribution in [0.1, 0.15) is 36.0 Å². The second kappa shape index (κ2) is 7.47. The van der Waals surface area contributed by atoms with Gasteiger partial charge in [-0.05, 0) is 49.2 Å². The van der Waals surface area contributed by atoms with Gasteiger partial charge in [0.25, 0.3) is 5.91 Å². The van der Waals surface area contributed by atoms with E-state index in [4.69, 9.17) is 11.6 Å². The molecule has 1 saturated heterocycles. The zero-order chi connectivity index (χ0) is 16.1. The zero-order valence-corrected chi connectivity index (χ0v) is 13.7. The maximum Gasteiger partial charge on any atom is 0.255 e. The van der Waals surface area contributed by atoms with Crippen LogP contribution in [0.2, 0.25) is 5.02 Å². The van der Waals surface area contributed by atoms with Gasteiger partial charge in [0, 0.05) is 30.0 Å². The van der Waals surface area contributed by atoms with E-state index in [1.807, 2.05) is 41.3 Å². The molecule has 1 aliphatic heterocycles. The molecule has 4 nitrogen and oxygen atoms in total. The minimum Gasteiger partial charge on any atom is -0.340 e. The second-order valence-electron chi connectivity index (χ2n) is 5.77. The number of nitrogens with zero attached hydrogens (tertiary/aromatic N) is 2.